The summed E-state index contributed by atoms with van der Waals surface area (Å²) < 4.78 is 0. The Hall–Kier alpha value is -2.53. The van der Waals surface area contributed by atoms with Crippen LogP contribution in [0.4, 0.5) is 0 Å². The van der Waals surface area contributed by atoms with E-state index in [4.69, 9.17) is 16.8 Å². The lowest BCUT2D eigenvalue weighted by Gasteiger charge is -2.30. The second-order valence-corrected chi connectivity index (χ2v) is 11.4. The maximum Gasteiger partial charge on any atom is 0.272 e. The first-order valence-electron chi connectivity index (χ1n) is 14.4. The van der Waals surface area contributed by atoms with Crippen LogP contribution in [0.2, 0.25) is 0 Å². The Bertz CT molecular complexity index is 794. The standard InChI is InChI=1S/C26H54N10O5/c1-26(2,3)23(33-22(38)17-21(37)24(39)34-41)25(40)32-10-6-15-36(28)19-20(27)18-35-14-5-9-30-12-11-29-7-4-8-31-13-16-35/h19,21,23,29-31,37,41H,4-18,27-28H2,1-3H3,(H,32,40)(H,33,38)(H,34,39)/b20-19-/t21-,23+/m0/s1. The van der Waals surface area contributed by atoms with E-state index in [-0.39, 0.29) is 0 Å². The lowest BCUT2D eigenvalue weighted by molar-refractivity contribution is -0.142. The van der Waals surface area contributed by atoms with Gasteiger partial charge in [0.25, 0.3) is 5.91 Å². The summed E-state index contributed by atoms with van der Waals surface area (Å²) in [5.74, 6) is 3.94. The number of carbonyl (C=O) groups excluding carboxylic acids is 3. The fourth-order valence-electron chi connectivity index (χ4n) is 4.21. The largest absolute Gasteiger partial charge is 0.400 e. The topological polar surface area (TPSA) is 222 Å². The fraction of sp³-hybridized carbons (Fsp3) is 0.808. The van der Waals surface area contributed by atoms with E-state index in [1.165, 1.54) is 10.5 Å². The monoisotopic (exact) mass is 586 g/mol. The maximum absolute atomic E-state index is 12.8. The van der Waals surface area contributed by atoms with Crippen molar-refractivity contribution in [3.63, 3.8) is 0 Å². The molecule has 0 aromatic heterocycles. The van der Waals surface area contributed by atoms with Gasteiger partial charge in [0.1, 0.15) is 12.1 Å². The number of carbonyl (C=O) groups is 3. The van der Waals surface area contributed by atoms with Gasteiger partial charge in [0, 0.05) is 57.7 Å². The molecule has 0 aromatic carbocycles. The van der Waals surface area contributed by atoms with Crippen molar-refractivity contribution in [3.8, 4) is 0 Å². The minimum atomic E-state index is -1.73. The SMILES string of the molecule is CC(C)(C)[C@H](NC(=O)C[C@H](O)C(=O)NO)C(=O)NCCCN(N)/C=C(\N)CN1CCCNCCNCCCNCC1. The average molecular weight is 587 g/mol. The van der Waals surface area contributed by atoms with E-state index in [1.807, 2.05) is 0 Å². The van der Waals surface area contributed by atoms with Crippen molar-refractivity contribution in [2.24, 2.45) is 17.0 Å². The third-order valence-electron chi connectivity index (χ3n) is 6.47. The summed E-state index contributed by atoms with van der Waals surface area (Å²) in [5, 5.41) is 35.5. The molecule has 1 saturated heterocycles. The number of amides is 3. The van der Waals surface area contributed by atoms with Crippen molar-refractivity contribution in [2.45, 2.75) is 58.6 Å². The lowest BCUT2D eigenvalue weighted by Crippen LogP contribution is -2.54. The second kappa shape index (κ2) is 20.4. The number of nitrogens with one attached hydrogen (secondary N) is 6. The van der Waals surface area contributed by atoms with Gasteiger partial charge >= 0.3 is 0 Å². The number of hydrogen-bond acceptors (Lipinski definition) is 12. The van der Waals surface area contributed by atoms with Gasteiger partial charge in [-0.1, -0.05) is 20.8 Å². The van der Waals surface area contributed by atoms with Crippen molar-refractivity contribution in [2.75, 3.05) is 72.0 Å². The van der Waals surface area contributed by atoms with Crippen molar-refractivity contribution < 1.29 is 24.7 Å². The predicted octanol–water partition coefficient (Wildman–Crippen LogP) is -2.88. The van der Waals surface area contributed by atoms with Crippen LogP contribution in [0, 0.1) is 5.41 Å². The molecule has 1 heterocycles. The smallest absolute Gasteiger partial charge is 0.272 e. The molecule has 0 aromatic rings. The average Bonchev–Trinajstić information content (AvgIpc) is 2.90. The van der Waals surface area contributed by atoms with E-state index >= 15 is 0 Å². The minimum absolute atomic E-state index is 0.318. The molecule has 12 N–H and O–H groups in total. The van der Waals surface area contributed by atoms with Gasteiger partial charge in [-0.25, -0.2) is 11.3 Å². The molecule has 15 nitrogen and oxygen atoms in total. The first-order valence-corrected chi connectivity index (χ1v) is 14.4. The molecule has 1 aliphatic heterocycles. The Labute approximate surface area is 244 Å². The zero-order valence-corrected chi connectivity index (χ0v) is 25.0. The third-order valence-corrected chi connectivity index (χ3v) is 6.47. The molecule has 1 fully saturated rings. The van der Waals surface area contributed by atoms with Crippen LogP contribution in [-0.4, -0.2) is 122 Å². The van der Waals surface area contributed by atoms with Crippen LogP contribution in [0.15, 0.2) is 11.9 Å². The Balaban J connectivity index is 2.50. The van der Waals surface area contributed by atoms with Gasteiger partial charge in [0.15, 0.2) is 0 Å². The summed E-state index contributed by atoms with van der Waals surface area (Å²) in [6, 6.07) is -0.904. The van der Waals surface area contributed by atoms with E-state index in [0.29, 0.717) is 31.8 Å². The molecule has 0 spiro atoms. The molecule has 0 radical (unpaired) electrons. The first kappa shape index (κ1) is 36.5. The van der Waals surface area contributed by atoms with Gasteiger partial charge in [-0.05, 0) is 50.9 Å². The van der Waals surface area contributed by atoms with E-state index in [1.54, 1.807) is 27.0 Å². The van der Waals surface area contributed by atoms with Crippen molar-refractivity contribution >= 4 is 17.7 Å². The van der Waals surface area contributed by atoms with Crippen LogP contribution in [0.5, 0.6) is 0 Å². The summed E-state index contributed by atoms with van der Waals surface area (Å²) in [6.07, 6.45) is 2.05. The number of hydrazine groups is 1. The highest BCUT2D eigenvalue weighted by Gasteiger charge is 2.33. The Morgan fingerprint density at radius 3 is 2.27 bits per heavy atom. The van der Waals surface area contributed by atoms with Gasteiger partial charge in [0.05, 0.1) is 6.42 Å². The normalized spacial score (nSPS) is 18.4. The van der Waals surface area contributed by atoms with Crippen LogP contribution in [0.25, 0.3) is 0 Å². The molecule has 0 saturated carbocycles. The summed E-state index contributed by atoms with van der Waals surface area (Å²) >= 11 is 0. The molecule has 2 atom stereocenters. The lowest BCUT2D eigenvalue weighted by atomic mass is 9.86. The number of nitrogens with two attached hydrogens (primary N) is 2. The summed E-state index contributed by atoms with van der Waals surface area (Å²) in [6.45, 7) is 14.3. The molecule has 1 rings (SSSR count). The number of hydrogen-bond donors (Lipinski definition) is 10. The van der Waals surface area contributed by atoms with E-state index in [9.17, 15) is 19.5 Å². The fourth-order valence-corrected chi connectivity index (χ4v) is 4.21. The molecule has 15 heteroatoms. The van der Waals surface area contributed by atoms with E-state index in [2.05, 4.69) is 31.5 Å². The van der Waals surface area contributed by atoms with Crippen LogP contribution >= 0.6 is 0 Å². The second-order valence-electron chi connectivity index (χ2n) is 11.4. The molecular weight excluding hydrogens is 532 g/mol. The molecule has 0 aliphatic carbocycles. The van der Waals surface area contributed by atoms with Crippen LogP contribution in [-0.2, 0) is 14.4 Å². The molecule has 0 unspecified atom stereocenters. The number of aliphatic hydroxyl groups excluding tert-OH is 1. The van der Waals surface area contributed by atoms with Crippen LogP contribution < -0.4 is 43.6 Å². The Kier molecular flexibility index (Phi) is 18.1. The highest BCUT2D eigenvalue weighted by Crippen LogP contribution is 2.19. The minimum Gasteiger partial charge on any atom is -0.400 e. The predicted molar refractivity (Wildman–Crippen MR) is 157 cm³/mol. The van der Waals surface area contributed by atoms with Gasteiger partial charge in [0.2, 0.25) is 11.8 Å². The zero-order valence-electron chi connectivity index (χ0n) is 25.0. The van der Waals surface area contributed by atoms with Crippen molar-refractivity contribution in [3.05, 3.63) is 11.9 Å². The molecule has 1 aliphatic rings. The van der Waals surface area contributed by atoms with Gasteiger partial charge in [-0.15, -0.1) is 0 Å². The Morgan fingerprint density at radius 2 is 1.63 bits per heavy atom. The molecular formula is C26H54N10O5. The van der Waals surface area contributed by atoms with Gasteiger partial charge in [-0.2, -0.15) is 0 Å². The summed E-state index contributed by atoms with van der Waals surface area (Å²) in [5.41, 5.74) is 7.61. The molecule has 3 amide bonds. The van der Waals surface area contributed by atoms with Gasteiger partial charge in [-0.3, -0.25) is 24.5 Å². The van der Waals surface area contributed by atoms with Gasteiger partial charge < -0.3 is 42.4 Å². The van der Waals surface area contributed by atoms with Crippen LogP contribution in [0.1, 0.15) is 46.5 Å². The molecule has 238 valence electrons. The Morgan fingerprint density at radius 1 is 1.00 bits per heavy atom. The molecule has 0 bridgehead atoms. The zero-order chi connectivity index (χ0) is 30.7. The quantitative estimate of drug-likeness (QED) is 0.0482. The van der Waals surface area contributed by atoms with E-state index < -0.39 is 41.7 Å². The van der Waals surface area contributed by atoms with E-state index in [0.717, 1.165) is 65.2 Å². The highest BCUT2D eigenvalue weighted by atomic mass is 16.5. The highest BCUT2D eigenvalue weighted by molar-refractivity contribution is 5.91. The number of nitrogens with zero attached hydrogens (tertiary/aromatic N) is 2. The number of aliphatic hydroxyl groups is 1. The third kappa shape index (κ3) is 17.1. The van der Waals surface area contributed by atoms with Crippen molar-refractivity contribution in [1.82, 2.24) is 42.0 Å². The first-order chi connectivity index (χ1) is 19.4. The number of rotatable bonds is 12. The summed E-state index contributed by atoms with van der Waals surface area (Å²) in [4.78, 5) is 38.6. The number of hydroxylamine groups is 1. The maximum atomic E-state index is 12.8. The summed E-state index contributed by atoms with van der Waals surface area (Å²) in [7, 11) is 0. The van der Waals surface area contributed by atoms with Crippen LogP contribution in [0.3, 0.4) is 0 Å². The van der Waals surface area contributed by atoms with Crippen molar-refractivity contribution in [1.29, 1.82) is 0 Å². The molecule has 41 heavy (non-hydrogen) atoms.